The second kappa shape index (κ2) is 5.83. The van der Waals surface area contributed by atoms with Crippen molar-refractivity contribution >= 4 is 0 Å². The van der Waals surface area contributed by atoms with Crippen molar-refractivity contribution in [1.29, 1.82) is 0 Å². The summed E-state index contributed by atoms with van der Waals surface area (Å²) >= 11 is 0. The third-order valence-corrected chi connectivity index (χ3v) is 2.55. The van der Waals surface area contributed by atoms with E-state index in [0.717, 1.165) is 25.1 Å². The molecule has 0 amide bonds. The molecule has 0 radical (unpaired) electrons. The van der Waals surface area contributed by atoms with Crippen molar-refractivity contribution in [2.75, 3.05) is 13.6 Å². The van der Waals surface area contributed by atoms with Crippen molar-refractivity contribution in [2.45, 2.75) is 12.8 Å². The number of halogens is 3. The fourth-order valence-corrected chi connectivity index (χ4v) is 1.57. The first-order chi connectivity index (χ1) is 9.13. The molecular weight excluding hydrogens is 259 g/mol. The molecule has 0 aliphatic carbocycles. The molecule has 102 valence electrons. The Morgan fingerprint density at radius 2 is 1.95 bits per heavy atom. The minimum Gasteiger partial charge on any atom is -0.421 e. The Morgan fingerprint density at radius 3 is 2.68 bits per heavy atom. The Kier molecular flexibility index (Phi) is 4.16. The number of rotatable bonds is 5. The smallest absolute Gasteiger partial charge is 0.250 e. The number of benzene rings is 1. The number of aryl methyl sites for hydroxylation is 1. The predicted molar refractivity (Wildman–Crippen MR) is 61.9 cm³/mol. The Labute approximate surface area is 107 Å². The molecule has 0 spiro atoms. The van der Waals surface area contributed by atoms with E-state index in [-0.39, 0.29) is 11.5 Å². The number of nitrogens with zero attached hydrogens (tertiary/aromatic N) is 2. The van der Waals surface area contributed by atoms with Crippen LogP contribution >= 0.6 is 0 Å². The van der Waals surface area contributed by atoms with E-state index in [9.17, 15) is 13.2 Å². The first kappa shape index (κ1) is 13.5. The molecule has 1 aromatic heterocycles. The molecule has 0 fully saturated rings. The molecule has 0 saturated carbocycles. The van der Waals surface area contributed by atoms with Crippen molar-refractivity contribution in [3.8, 4) is 11.5 Å². The first-order valence-corrected chi connectivity index (χ1v) is 5.74. The summed E-state index contributed by atoms with van der Waals surface area (Å²) in [6.07, 6.45) is 1.30. The van der Waals surface area contributed by atoms with Crippen LogP contribution in [0, 0.1) is 17.5 Å². The van der Waals surface area contributed by atoms with Crippen LogP contribution in [0.2, 0.25) is 0 Å². The third-order valence-electron chi connectivity index (χ3n) is 2.55. The average Bonchev–Trinajstić information content (AvgIpc) is 2.85. The summed E-state index contributed by atoms with van der Waals surface area (Å²) in [4.78, 5) is 0. The monoisotopic (exact) mass is 271 g/mol. The van der Waals surface area contributed by atoms with Crippen LogP contribution in [-0.4, -0.2) is 23.8 Å². The van der Waals surface area contributed by atoms with Gasteiger partial charge in [-0.15, -0.1) is 10.2 Å². The highest BCUT2D eigenvalue weighted by molar-refractivity contribution is 5.53. The summed E-state index contributed by atoms with van der Waals surface area (Å²) in [5.74, 6) is -3.96. The molecule has 1 heterocycles. The van der Waals surface area contributed by atoms with Crippen molar-refractivity contribution in [3.05, 3.63) is 35.5 Å². The summed E-state index contributed by atoms with van der Waals surface area (Å²) in [5.41, 5.74) is -0.244. The lowest BCUT2D eigenvalue weighted by Gasteiger charge is -1.99. The van der Waals surface area contributed by atoms with E-state index in [1.807, 2.05) is 7.05 Å². The lowest BCUT2D eigenvalue weighted by atomic mass is 10.2. The second-order valence-electron chi connectivity index (χ2n) is 3.93. The van der Waals surface area contributed by atoms with Crippen LogP contribution in [-0.2, 0) is 6.42 Å². The molecule has 19 heavy (non-hydrogen) atoms. The maximum absolute atomic E-state index is 13.5. The SMILES string of the molecule is CNCCCc1nnc(-c2ccc(F)c(F)c2F)o1. The summed E-state index contributed by atoms with van der Waals surface area (Å²) in [6, 6.07) is 1.89. The van der Waals surface area contributed by atoms with Crippen LogP contribution in [0.1, 0.15) is 12.3 Å². The molecule has 0 atom stereocenters. The van der Waals surface area contributed by atoms with Gasteiger partial charge in [-0.3, -0.25) is 0 Å². The molecule has 4 nitrogen and oxygen atoms in total. The Hall–Kier alpha value is -1.89. The zero-order valence-electron chi connectivity index (χ0n) is 10.2. The van der Waals surface area contributed by atoms with E-state index in [1.54, 1.807) is 0 Å². The van der Waals surface area contributed by atoms with E-state index in [4.69, 9.17) is 4.42 Å². The van der Waals surface area contributed by atoms with Gasteiger partial charge in [0, 0.05) is 6.42 Å². The Morgan fingerprint density at radius 1 is 1.16 bits per heavy atom. The standard InChI is InChI=1S/C12H12F3N3O/c1-16-6-2-3-9-17-18-12(19-9)7-4-5-8(13)11(15)10(7)14/h4-5,16H,2-3,6H2,1H3. The highest BCUT2D eigenvalue weighted by Gasteiger charge is 2.18. The molecule has 0 saturated heterocycles. The molecule has 7 heteroatoms. The maximum atomic E-state index is 13.5. The molecule has 1 N–H and O–H groups in total. The second-order valence-corrected chi connectivity index (χ2v) is 3.93. The quantitative estimate of drug-likeness (QED) is 0.669. The van der Waals surface area contributed by atoms with Gasteiger partial charge in [0.15, 0.2) is 17.5 Å². The lowest BCUT2D eigenvalue weighted by Crippen LogP contribution is -2.08. The number of hydrogen-bond acceptors (Lipinski definition) is 4. The average molecular weight is 271 g/mol. The zero-order valence-corrected chi connectivity index (χ0v) is 10.2. The molecule has 0 aliphatic heterocycles. The Balaban J connectivity index is 2.21. The van der Waals surface area contributed by atoms with E-state index >= 15 is 0 Å². The highest BCUT2D eigenvalue weighted by Crippen LogP contribution is 2.24. The Bertz CT molecular complexity index is 571. The first-order valence-electron chi connectivity index (χ1n) is 5.74. The van der Waals surface area contributed by atoms with Crippen LogP contribution in [0.5, 0.6) is 0 Å². The van der Waals surface area contributed by atoms with Gasteiger partial charge in [-0.1, -0.05) is 0 Å². The van der Waals surface area contributed by atoms with Gasteiger partial charge in [-0.05, 0) is 32.1 Å². The minimum absolute atomic E-state index is 0.157. The van der Waals surface area contributed by atoms with Crippen LogP contribution in [0.25, 0.3) is 11.5 Å². The molecular formula is C12H12F3N3O. The van der Waals surface area contributed by atoms with Gasteiger partial charge in [-0.25, -0.2) is 13.2 Å². The molecule has 1 aromatic carbocycles. The maximum Gasteiger partial charge on any atom is 0.250 e. The lowest BCUT2D eigenvalue weighted by molar-refractivity contribution is 0.443. The highest BCUT2D eigenvalue weighted by atomic mass is 19.2. The third kappa shape index (κ3) is 2.93. The number of nitrogens with one attached hydrogen (secondary N) is 1. The van der Waals surface area contributed by atoms with E-state index in [0.29, 0.717) is 12.3 Å². The van der Waals surface area contributed by atoms with Crippen molar-refractivity contribution in [1.82, 2.24) is 15.5 Å². The van der Waals surface area contributed by atoms with Crippen molar-refractivity contribution in [3.63, 3.8) is 0 Å². The summed E-state index contributed by atoms with van der Waals surface area (Å²) < 4.78 is 44.6. The van der Waals surface area contributed by atoms with Crippen LogP contribution in [0.15, 0.2) is 16.5 Å². The normalized spacial score (nSPS) is 10.9. The van der Waals surface area contributed by atoms with E-state index in [1.165, 1.54) is 0 Å². The predicted octanol–water partition coefficient (Wildman–Crippen LogP) is 2.31. The molecule has 2 rings (SSSR count). The van der Waals surface area contributed by atoms with Gasteiger partial charge in [-0.2, -0.15) is 0 Å². The molecule has 2 aromatic rings. The zero-order chi connectivity index (χ0) is 13.8. The molecule has 0 unspecified atom stereocenters. The topological polar surface area (TPSA) is 51.0 Å². The van der Waals surface area contributed by atoms with Gasteiger partial charge in [0.2, 0.25) is 5.89 Å². The van der Waals surface area contributed by atoms with Crippen LogP contribution < -0.4 is 5.32 Å². The van der Waals surface area contributed by atoms with Gasteiger partial charge in [0.1, 0.15) is 0 Å². The van der Waals surface area contributed by atoms with Gasteiger partial charge in [0.25, 0.3) is 5.89 Å². The molecule has 0 aliphatic rings. The fourth-order valence-electron chi connectivity index (χ4n) is 1.57. The summed E-state index contributed by atoms with van der Waals surface area (Å²) in [5, 5.41) is 10.3. The van der Waals surface area contributed by atoms with Gasteiger partial charge >= 0.3 is 0 Å². The van der Waals surface area contributed by atoms with Crippen LogP contribution in [0.4, 0.5) is 13.2 Å². The number of aromatic nitrogens is 2. The minimum atomic E-state index is -1.55. The van der Waals surface area contributed by atoms with Crippen LogP contribution in [0.3, 0.4) is 0 Å². The van der Waals surface area contributed by atoms with Crippen molar-refractivity contribution in [2.24, 2.45) is 0 Å². The van der Waals surface area contributed by atoms with E-state index in [2.05, 4.69) is 15.5 Å². The number of hydrogen-bond donors (Lipinski definition) is 1. The van der Waals surface area contributed by atoms with Crippen molar-refractivity contribution < 1.29 is 17.6 Å². The summed E-state index contributed by atoms with van der Waals surface area (Å²) in [7, 11) is 1.82. The van der Waals surface area contributed by atoms with Gasteiger partial charge < -0.3 is 9.73 Å². The van der Waals surface area contributed by atoms with E-state index < -0.39 is 17.5 Å². The summed E-state index contributed by atoms with van der Waals surface area (Å²) in [6.45, 7) is 0.775. The molecule has 0 bridgehead atoms. The fraction of sp³-hybridized carbons (Fsp3) is 0.333. The largest absolute Gasteiger partial charge is 0.421 e. The van der Waals surface area contributed by atoms with Gasteiger partial charge in [0.05, 0.1) is 5.56 Å².